The van der Waals surface area contributed by atoms with E-state index in [9.17, 15) is 18.0 Å². The lowest BCUT2D eigenvalue weighted by Gasteiger charge is -2.35. The van der Waals surface area contributed by atoms with Gasteiger partial charge in [-0.3, -0.25) is 13.9 Å². The van der Waals surface area contributed by atoms with E-state index in [0.29, 0.717) is 16.3 Å². The first-order chi connectivity index (χ1) is 22.6. The predicted octanol–water partition coefficient (Wildman–Crippen LogP) is 7.24. The first-order valence-corrected chi connectivity index (χ1v) is 18.0. The van der Waals surface area contributed by atoms with Crippen molar-refractivity contribution < 1.29 is 18.0 Å². The monoisotopic (exact) mass is 671 g/mol. The van der Waals surface area contributed by atoms with Crippen LogP contribution >= 0.6 is 11.6 Å². The Morgan fingerprint density at radius 1 is 0.830 bits per heavy atom. The Morgan fingerprint density at radius 2 is 1.45 bits per heavy atom. The van der Waals surface area contributed by atoms with Crippen molar-refractivity contribution >= 4 is 39.1 Å². The molecule has 7 nitrogen and oxygen atoms in total. The molecule has 1 aliphatic rings. The Balaban J connectivity index is 1.57. The summed E-state index contributed by atoms with van der Waals surface area (Å²) < 4.78 is 29.8. The van der Waals surface area contributed by atoms with Gasteiger partial charge in [-0.05, 0) is 67.6 Å². The fourth-order valence-electron chi connectivity index (χ4n) is 6.08. The lowest BCUT2D eigenvalue weighted by Crippen LogP contribution is -2.55. The van der Waals surface area contributed by atoms with Crippen molar-refractivity contribution in [2.75, 3.05) is 10.8 Å². The maximum absolute atomic E-state index is 14.7. The van der Waals surface area contributed by atoms with Crippen LogP contribution in [0, 0.1) is 13.8 Å². The van der Waals surface area contributed by atoms with Crippen molar-refractivity contribution in [2.45, 2.75) is 75.9 Å². The molecule has 2 amide bonds. The van der Waals surface area contributed by atoms with Crippen LogP contribution in [0.2, 0.25) is 5.02 Å². The van der Waals surface area contributed by atoms with Gasteiger partial charge in [-0.2, -0.15) is 0 Å². The number of nitrogens with one attached hydrogen (secondary N) is 1. The van der Waals surface area contributed by atoms with Gasteiger partial charge < -0.3 is 10.2 Å². The summed E-state index contributed by atoms with van der Waals surface area (Å²) in [5, 5.41) is 3.59. The molecule has 246 valence electrons. The van der Waals surface area contributed by atoms with Gasteiger partial charge in [-0.25, -0.2) is 8.42 Å². The Kier molecular flexibility index (Phi) is 11.4. The van der Waals surface area contributed by atoms with Crippen molar-refractivity contribution in [3.8, 4) is 0 Å². The maximum atomic E-state index is 14.7. The summed E-state index contributed by atoms with van der Waals surface area (Å²) in [6.07, 6.45) is 5.31. The van der Waals surface area contributed by atoms with Crippen LogP contribution in [0.1, 0.15) is 54.4 Å². The second-order valence-corrected chi connectivity index (χ2v) is 14.6. The summed E-state index contributed by atoms with van der Waals surface area (Å²) in [6, 6.07) is 29.8. The number of benzene rings is 4. The molecule has 0 bridgehead atoms. The van der Waals surface area contributed by atoms with Gasteiger partial charge in [0.25, 0.3) is 10.0 Å². The van der Waals surface area contributed by atoms with Gasteiger partial charge >= 0.3 is 0 Å². The molecule has 47 heavy (non-hydrogen) atoms. The van der Waals surface area contributed by atoms with E-state index < -0.39 is 28.5 Å². The number of hydrogen-bond acceptors (Lipinski definition) is 4. The molecule has 0 aromatic heterocycles. The van der Waals surface area contributed by atoms with Crippen molar-refractivity contribution in [3.05, 3.63) is 130 Å². The van der Waals surface area contributed by atoms with E-state index in [1.807, 2.05) is 67.6 Å². The fraction of sp³-hybridized carbons (Fsp3) is 0.316. The summed E-state index contributed by atoms with van der Waals surface area (Å²) in [6.45, 7) is 3.27. The van der Waals surface area contributed by atoms with Crippen LogP contribution in [-0.4, -0.2) is 43.8 Å². The quantitative estimate of drug-likeness (QED) is 0.172. The number of sulfonamides is 1. The molecule has 0 radical (unpaired) electrons. The lowest BCUT2D eigenvalue weighted by molar-refractivity contribution is -0.140. The zero-order chi connectivity index (χ0) is 33.4. The van der Waals surface area contributed by atoms with Crippen LogP contribution in [0.4, 0.5) is 5.69 Å². The fourth-order valence-corrected chi connectivity index (χ4v) is 7.72. The molecule has 5 rings (SSSR count). The molecule has 0 aliphatic heterocycles. The highest BCUT2D eigenvalue weighted by atomic mass is 35.5. The molecule has 1 fully saturated rings. The highest BCUT2D eigenvalue weighted by Gasteiger charge is 2.36. The average Bonchev–Trinajstić information content (AvgIpc) is 3.08. The zero-order valence-corrected chi connectivity index (χ0v) is 28.5. The van der Waals surface area contributed by atoms with E-state index in [-0.39, 0.29) is 29.8 Å². The van der Waals surface area contributed by atoms with E-state index in [4.69, 9.17) is 11.6 Å². The second kappa shape index (κ2) is 15.6. The van der Waals surface area contributed by atoms with Crippen LogP contribution in [-0.2, 0) is 32.6 Å². The van der Waals surface area contributed by atoms with Gasteiger partial charge in [0.2, 0.25) is 11.8 Å². The lowest BCUT2D eigenvalue weighted by atomic mass is 9.94. The SMILES string of the molecule is Cc1ccc(S(=O)(=O)N(CC(=O)N(Cc2ccccc2)C(Cc2ccccc2)C(=O)NC2CCCCC2)c2cc(Cl)ccc2C)cc1. The van der Waals surface area contributed by atoms with Gasteiger partial charge in [0.15, 0.2) is 0 Å². The maximum Gasteiger partial charge on any atom is 0.264 e. The van der Waals surface area contributed by atoms with Gasteiger partial charge in [-0.15, -0.1) is 0 Å². The molecular formula is C38H42ClN3O4S. The van der Waals surface area contributed by atoms with Gasteiger partial charge in [0.05, 0.1) is 10.6 Å². The molecule has 1 aliphatic carbocycles. The molecule has 0 heterocycles. The number of halogens is 1. The summed E-state index contributed by atoms with van der Waals surface area (Å²) in [4.78, 5) is 30.5. The molecule has 1 unspecified atom stereocenters. The number of aryl methyl sites for hydroxylation is 2. The van der Waals surface area contributed by atoms with Crippen LogP contribution < -0.4 is 9.62 Å². The van der Waals surface area contributed by atoms with E-state index in [0.717, 1.165) is 53.1 Å². The summed E-state index contributed by atoms with van der Waals surface area (Å²) in [5.74, 6) is -0.736. The molecule has 1 atom stereocenters. The molecule has 1 N–H and O–H groups in total. The number of carbonyl (C=O) groups is 2. The van der Waals surface area contributed by atoms with Gasteiger partial charge in [0.1, 0.15) is 12.6 Å². The predicted molar refractivity (Wildman–Crippen MR) is 188 cm³/mol. The Morgan fingerprint density at radius 3 is 2.09 bits per heavy atom. The first-order valence-electron chi connectivity index (χ1n) is 16.1. The third-order valence-corrected chi connectivity index (χ3v) is 10.8. The molecule has 0 saturated heterocycles. The number of amides is 2. The molecule has 0 spiro atoms. The van der Waals surface area contributed by atoms with Crippen LogP contribution in [0.15, 0.2) is 108 Å². The van der Waals surface area contributed by atoms with Crippen LogP contribution in [0.25, 0.3) is 0 Å². The summed E-state index contributed by atoms with van der Waals surface area (Å²) in [5.41, 5.74) is 3.58. The minimum atomic E-state index is -4.21. The van der Waals surface area contributed by atoms with Crippen molar-refractivity contribution in [1.29, 1.82) is 0 Å². The topological polar surface area (TPSA) is 86.8 Å². The van der Waals surface area contributed by atoms with E-state index in [1.54, 1.807) is 49.4 Å². The number of rotatable bonds is 12. The molecule has 1 saturated carbocycles. The van der Waals surface area contributed by atoms with Crippen LogP contribution in [0.5, 0.6) is 0 Å². The largest absolute Gasteiger partial charge is 0.352 e. The van der Waals surface area contributed by atoms with Crippen molar-refractivity contribution in [3.63, 3.8) is 0 Å². The Bertz CT molecular complexity index is 1760. The third kappa shape index (κ3) is 8.82. The van der Waals surface area contributed by atoms with Crippen LogP contribution in [0.3, 0.4) is 0 Å². The minimum Gasteiger partial charge on any atom is -0.352 e. The normalized spacial score (nSPS) is 14.3. The van der Waals surface area contributed by atoms with Gasteiger partial charge in [0, 0.05) is 24.0 Å². The molecule has 4 aromatic carbocycles. The third-order valence-electron chi connectivity index (χ3n) is 8.75. The molecule has 9 heteroatoms. The van der Waals surface area contributed by atoms with E-state index in [1.165, 1.54) is 4.90 Å². The Labute approximate surface area is 283 Å². The van der Waals surface area contributed by atoms with Crippen molar-refractivity contribution in [1.82, 2.24) is 10.2 Å². The molecular weight excluding hydrogens is 630 g/mol. The number of anilines is 1. The minimum absolute atomic E-state index is 0.0377. The first kappa shape index (κ1) is 34.2. The zero-order valence-electron chi connectivity index (χ0n) is 26.9. The Hall–Kier alpha value is -4.14. The highest BCUT2D eigenvalue weighted by molar-refractivity contribution is 7.92. The summed E-state index contributed by atoms with van der Waals surface area (Å²) in [7, 11) is -4.21. The number of carbonyl (C=O) groups excluding carboxylic acids is 2. The smallest absolute Gasteiger partial charge is 0.264 e. The van der Waals surface area contributed by atoms with Gasteiger partial charge in [-0.1, -0.05) is 115 Å². The van der Waals surface area contributed by atoms with E-state index >= 15 is 0 Å². The summed E-state index contributed by atoms with van der Waals surface area (Å²) >= 11 is 6.39. The highest BCUT2D eigenvalue weighted by Crippen LogP contribution is 2.30. The standard InChI is InChI=1S/C38H42ClN3O4S/c1-28-18-22-34(23-19-28)47(45,46)42(35-25-32(39)21-20-29(35)2)27-37(43)41(26-31-14-8-4-9-15-31)36(24-30-12-6-3-7-13-30)38(44)40-33-16-10-5-11-17-33/h3-4,6-9,12-15,18-23,25,33,36H,5,10-11,16-17,24,26-27H2,1-2H3,(H,40,44). The van der Waals surface area contributed by atoms with E-state index in [2.05, 4.69) is 5.32 Å². The number of nitrogens with zero attached hydrogens (tertiary/aromatic N) is 2. The second-order valence-electron chi connectivity index (χ2n) is 12.3. The van der Waals surface area contributed by atoms with Crippen molar-refractivity contribution in [2.24, 2.45) is 0 Å². The average molecular weight is 672 g/mol. The molecule has 4 aromatic rings. The number of hydrogen-bond donors (Lipinski definition) is 1.